The minimum atomic E-state index is -0.150. The molecule has 1 aromatic rings. The summed E-state index contributed by atoms with van der Waals surface area (Å²) in [6, 6.07) is 4.14. The Morgan fingerprint density at radius 3 is 2.67 bits per heavy atom. The molecule has 0 radical (unpaired) electrons. The lowest BCUT2D eigenvalue weighted by Gasteiger charge is -2.28. The summed E-state index contributed by atoms with van der Waals surface area (Å²) >= 11 is 5.01. The van der Waals surface area contributed by atoms with Crippen molar-refractivity contribution in [2.75, 3.05) is 5.75 Å². The van der Waals surface area contributed by atoms with Gasteiger partial charge in [-0.05, 0) is 48.9 Å². The second-order valence-corrected chi connectivity index (χ2v) is 8.97. The molecule has 1 aromatic carbocycles. The van der Waals surface area contributed by atoms with E-state index in [1.807, 2.05) is 13.8 Å². The number of thioether (sulfide) groups is 1. The fourth-order valence-electron chi connectivity index (χ4n) is 2.81. The number of carbonyl (C=O) groups is 2. The summed E-state index contributed by atoms with van der Waals surface area (Å²) in [5, 5.41) is 4.17. The van der Waals surface area contributed by atoms with Crippen molar-refractivity contribution in [1.29, 1.82) is 0 Å². The molecule has 0 unspecified atom stereocenters. The number of hydrogen-bond donors (Lipinski definition) is 1. The van der Waals surface area contributed by atoms with E-state index in [4.69, 9.17) is 0 Å². The molecule has 0 heterocycles. The predicted octanol–water partition coefficient (Wildman–Crippen LogP) is 4.41. The first-order valence-corrected chi connectivity index (χ1v) is 9.70. The van der Waals surface area contributed by atoms with Crippen molar-refractivity contribution in [3.63, 3.8) is 0 Å². The van der Waals surface area contributed by atoms with E-state index in [9.17, 15) is 9.59 Å². The first-order valence-electron chi connectivity index (χ1n) is 7.92. The molecule has 1 N–H and O–H groups in total. The third-order valence-electron chi connectivity index (χ3n) is 3.91. The van der Waals surface area contributed by atoms with Crippen molar-refractivity contribution >= 4 is 45.1 Å². The summed E-state index contributed by atoms with van der Waals surface area (Å²) in [4.78, 5) is 24.9. The van der Waals surface area contributed by atoms with Gasteiger partial charge in [-0.1, -0.05) is 29.8 Å². The number of carbonyl (C=O) groups excluding carboxylic acids is 2. The predicted molar refractivity (Wildman–Crippen MR) is 103 cm³/mol. The van der Waals surface area contributed by atoms with E-state index in [1.165, 1.54) is 11.8 Å². The highest BCUT2D eigenvalue weighted by atomic mass is 79.9. The maximum absolute atomic E-state index is 12.0. The molecule has 24 heavy (non-hydrogen) atoms. The summed E-state index contributed by atoms with van der Waals surface area (Å²) in [5.74, 6) is 0.341. The Kier molecular flexibility index (Phi) is 6.26. The lowest BCUT2D eigenvalue weighted by molar-refractivity contribution is -0.121. The largest absolute Gasteiger partial charge is 0.299 e. The van der Waals surface area contributed by atoms with Gasteiger partial charge in [0.25, 0.3) is 0 Å². The summed E-state index contributed by atoms with van der Waals surface area (Å²) in [6.07, 6.45) is 1.68. The normalized spacial score (nSPS) is 18.7. The molecule has 1 aliphatic carbocycles. The number of nitrogens with one attached hydrogen (secondary N) is 1. The van der Waals surface area contributed by atoms with Crippen LogP contribution in [0.2, 0.25) is 0 Å². The third kappa shape index (κ3) is 5.45. The Morgan fingerprint density at radius 1 is 1.29 bits per heavy atom. The zero-order valence-electron chi connectivity index (χ0n) is 14.5. The molecule has 1 saturated carbocycles. The molecule has 0 atom stereocenters. The van der Waals surface area contributed by atoms with Gasteiger partial charge in [-0.3, -0.25) is 9.59 Å². The molecular formula is C18H23BrN2O2S. The van der Waals surface area contributed by atoms with E-state index in [0.29, 0.717) is 18.6 Å². The summed E-state index contributed by atoms with van der Waals surface area (Å²) < 4.78 is 1.07. The Balaban J connectivity index is 1.91. The average Bonchev–Trinajstić information content (AvgIpc) is 2.45. The van der Waals surface area contributed by atoms with Gasteiger partial charge >= 0.3 is 0 Å². The standard InChI is InChI=1S/C18H23BrN2O2S/c1-11-6-16(12(2)5-15(11)19)24-10-17(23)21-20-13-7-14(22)9-18(3,4)8-13/h5-6H,7-10H2,1-4H3,(H,21,23)/b20-13+. The molecule has 0 spiro atoms. The molecule has 2 rings (SSSR count). The second kappa shape index (κ2) is 7.83. The topological polar surface area (TPSA) is 58.5 Å². The number of Topliss-reactive ketones (excluding diaryl/α,β-unsaturated/α-hetero) is 1. The molecule has 1 amide bonds. The van der Waals surface area contributed by atoms with Crippen LogP contribution in [0.3, 0.4) is 0 Å². The molecule has 0 bridgehead atoms. The van der Waals surface area contributed by atoms with Gasteiger partial charge in [-0.2, -0.15) is 5.10 Å². The molecule has 1 fully saturated rings. The minimum Gasteiger partial charge on any atom is -0.299 e. The van der Waals surface area contributed by atoms with E-state index in [0.717, 1.165) is 32.6 Å². The van der Waals surface area contributed by atoms with Crippen LogP contribution in [0.1, 0.15) is 44.2 Å². The van der Waals surface area contributed by atoms with Gasteiger partial charge in [0.2, 0.25) is 5.91 Å². The van der Waals surface area contributed by atoms with Crippen LogP contribution in [-0.4, -0.2) is 23.2 Å². The number of hydrazone groups is 1. The van der Waals surface area contributed by atoms with Crippen LogP contribution in [-0.2, 0) is 9.59 Å². The Morgan fingerprint density at radius 2 is 2.00 bits per heavy atom. The van der Waals surface area contributed by atoms with Crippen LogP contribution in [0.5, 0.6) is 0 Å². The molecule has 0 aliphatic heterocycles. The number of nitrogens with zero attached hydrogens (tertiary/aromatic N) is 1. The monoisotopic (exact) mass is 410 g/mol. The van der Waals surface area contributed by atoms with Crippen LogP contribution < -0.4 is 5.43 Å². The lowest BCUT2D eigenvalue weighted by atomic mass is 9.76. The number of aryl methyl sites for hydroxylation is 2. The van der Waals surface area contributed by atoms with E-state index >= 15 is 0 Å². The van der Waals surface area contributed by atoms with Crippen molar-refractivity contribution in [3.05, 3.63) is 27.7 Å². The van der Waals surface area contributed by atoms with Gasteiger partial charge in [0, 0.05) is 27.9 Å². The van der Waals surface area contributed by atoms with Crippen LogP contribution in [0, 0.1) is 19.3 Å². The maximum Gasteiger partial charge on any atom is 0.250 e. The van der Waals surface area contributed by atoms with Crippen LogP contribution in [0.15, 0.2) is 26.6 Å². The minimum absolute atomic E-state index is 0.0697. The number of rotatable bonds is 4. The smallest absolute Gasteiger partial charge is 0.250 e. The van der Waals surface area contributed by atoms with E-state index in [2.05, 4.69) is 52.4 Å². The van der Waals surface area contributed by atoms with Gasteiger partial charge in [0.15, 0.2) is 0 Å². The fraction of sp³-hybridized carbons (Fsp3) is 0.500. The van der Waals surface area contributed by atoms with Gasteiger partial charge in [-0.25, -0.2) is 5.43 Å². The first kappa shape index (κ1) is 19.2. The Hall–Kier alpha value is -1.14. The summed E-state index contributed by atoms with van der Waals surface area (Å²) in [6.45, 7) is 8.16. The van der Waals surface area contributed by atoms with E-state index < -0.39 is 0 Å². The van der Waals surface area contributed by atoms with Crippen molar-refractivity contribution in [3.8, 4) is 0 Å². The molecule has 6 heteroatoms. The quantitative estimate of drug-likeness (QED) is 0.590. The Bertz CT molecular complexity index is 699. The van der Waals surface area contributed by atoms with Gasteiger partial charge in [0.05, 0.1) is 5.75 Å². The van der Waals surface area contributed by atoms with Gasteiger partial charge in [-0.15, -0.1) is 11.8 Å². The van der Waals surface area contributed by atoms with Crippen molar-refractivity contribution in [2.45, 2.75) is 51.9 Å². The number of hydrogen-bond acceptors (Lipinski definition) is 4. The summed E-state index contributed by atoms with van der Waals surface area (Å²) in [7, 11) is 0. The lowest BCUT2D eigenvalue weighted by Crippen LogP contribution is -2.31. The number of amides is 1. The zero-order valence-corrected chi connectivity index (χ0v) is 16.9. The Labute approximate surface area is 156 Å². The molecule has 0 aromatic heterocycles. The molecule has 1 aliphatic rings. The average molecular weight is 411 g/mol. The first-order chi connectivity index (χ1) is 11.2. The van der Waals surface area contributed by atoms with Crippen molar-refractivity contribution in [2.24, 2.45) is 10.5 Å². The van der Waals surface area contributed by atoms with Crippen molar-refractivity contribution in [1.82, 2.24) is 5.43 Å². The third-order valence-corrected chi connectivity index (χ3v) is 5.92. The van der Waals surface area contributed by atoms with E-state index in [1.54, 1.807) is 0 Å². The highest BCUT2D eigenvalue weighted by Crippen LogP contribution is 2.31. The number of benzene rings is 1. The highest BCUT2D eigenvalue weighted by molar-refractivity contribution is 9.10. The zero-order chi connectivity index (χ0) is 17.9. The second-order valence-electron chi connectivity index (χ2n) is 7.10. The number of ketones is 1. The SMILES string of the molecule is Cc1cc(SCC(=O)N/N=C2\CC(=O)CC(C)(C)C2)c(C)cc1Br. The van der Waals surface area contributed by atoms with Gasteiger partial charge in [0.1, 0.15) is 5.78 Å². The molecule has 0 saturated heterocycles. The van der Waals surface area contributed by atoms with Crippen LogP contribution in [0.4, 0.5) is 0 Å². The molecular weight excluding hydrogens is 388 g/mol. The molecule has 130 valence electrons. The van der Waals surface area contributed by atoms with Crippen molar-refractivity contribution < 1.29 is 9.59 Å². The van der Waals surface area contributed by atoms with Crippen LogP contribution in [0.25, 0.3) is 0 Å². The van der Waals surface area contributed by atoms with Gasteiger partial charge < -0.3 is 0 Å². The van der Waals surface area contributed by atoms with E-state index in [-0.39, 0.29) is 17.1 Å². The number of halogens is 1. The fourth-order valence-corrected chi connectivity index (χ4v) is 4.16. The van der Waals surface area contributed by atoms with Crippen LogP contribution >= 0.6 is 27.7 Å². The molecule has 4 nitrogen and oxygen atoms in total. The highest BCUT2D eigenvalue weighted by Gasteiger charge is 2.30. The maximum atomic E-state index is 12.0. The summed E-state index contributed by atoms with van der Waals surface area (Å²) in [5.41, 5.74) is 5.57.